The van der Waals surface area contributed by atoms with Crippen LogP contribution < -0.4 is 10.4 Å². The van der Waals surface area contributed by atoms with E-state index in [-0.39, 0.29) is 12.2 Å². The summed E-state index contributed by atoms with van der Waals surface area (Å²) in [6, 6.07) is 16.9. The SMILES string of the molecule is Cc1ccccc1[Si](OC(C)C)(OC(C)C)c1ccccc1C. The minimum absolute atomic E-state index is 0.0969. The molecule has 0 amide bonds. The Balaban J connectivity index is 2.75. The van der Waals surface area contributed by atoms with E-state index >= 15 is 0 Å². The van der Waals surface area contributed by atoms with Gasteiger partial charge in [-0.1, -0.05) is 48.5 Å². The van der Waals surface area contributed by atoms with E-state index in [0.717, 1.165) is 0 Å². The molecule has 0 radical (unpaired) electrons. The summed E-state index contributed by atoms with van der Waals surface area (Å²) in [5, 5.41) is 2.41. The van der Waals surface area contributed by atoms with Gasteiger partial charge in [0.2, 0.25) is 0 Å². The lowest BCUT2D eigenvalue weighted by molar-refractivity contribution is 0.125. The summed E-state index contributed by atoms with van der Waals surface area (Å²) in [6.45, 7) is 12.6. The van der Waals surface area contributed by atoms with Gasteiger partial charge in [0.25, 0.3) is 0 Å². The molecule has 2 aromatic rings. The van der Waals surface area contributed by atoms with E-state index in [9.17, 15) is 0 Å². The van der Waals surface area contributed by atoms with Crippen LogP contribution in [0.2, 0.25) is 0 Å². The highest BCUT2D eigenvalue weighted by Gasteiger charge is 2.46. The summed E-state index contributed by atoms with van der Waals surface area (Å²) in [6.07, 6.45) is 0.194. The maximum Gasteiger partial charge on any atom is 0.408 e. The summed E-state index contributed by atoms with van der Waals surface area (Å²) in [7, 11) is -2.76. The molecule has 0 saturated heterocycles. The molecule has 0 aliphatic heterocycles. The van der Waals surface area contributed by atoms with E-state index in [1.54, 1.807) is 0 Å². The zero-order chi connectivity index (χ0) is 17.0. The highest BCUT2D eigenvalue weighted by molar-refractivity contribution is 6.93. The first-order valence-electron chi connectivity index (χ1n) is 8.34. The molecule has 0 atom stereocenters. The van der Waals surface area contributed by atoms with Gasteiger partial charge in [0.1, 0.15) is 0 Å². The van der Waals surface area contributed by atoms with Crippen molar-refractivity contribution < 1.29 is 8.85 Å². The minimum atomic E-state index is -2.76. The Morgan fingerprint density at radius 2 is 1.00 bits per heavy atom. The molecule has 0 unspecified atom stereocenters. The summed E-state index contributed by atoms with van der Waals surface area (Å²) < 4.78 is 13.2. The molecule has 0 spiro atoms. The van der Waals surface area contributed by atoms with Gasteiger partial charge in [0.15, 0.2) is 0 Å². The molecule has 0 fully saturated rings. The molecule has 2 rings (SSSR count). The third kappa shape index (κ3) is 3.92. The van der Waals surface area contributed by atoms with E-state index in [2.05, 4.69) is 90.1 Å². The first-order valence-corrected chi connectivity index (χ1v) is 10.2. The molecule has 23 heavy (non-hydrogen) atoms. The Kier molecular flexibility index (Phi) is 5.79. The fraction of sp³-hybridized carbons (Fsp3) is 0.400. The van der Waals surface area contributed by atoms with Crippen LogP contribution in [-0.4, -0.2) is 20.8 Å². The molecular formula is C20H28O2Si. The molecule has 0 N–H and O–H groups in total. The number of hydrogen-bond donors (Lipinski definition) is 0. The van der Waals surface area contributed by atoms with Gasteiger partial charge < -0.3 is 8.85 Å². The second-order valence-corrected chi connectivity index (χ2v) is 9.36. The molecule has 0 aromatic heterocycles. The maximum atomic E-state index is 6.60. The van der Waals surface area contributed by atoms with Crippen LogP contribution in [0.1, 0.15) is 38.8 Å². The molecule has 0 saturated carbocycles. The van der Waals surface area contributed by atoms with E-state index in [4.69, 9.17) is 8.85 Å². The largest absolute Gasteiger partial charge is 0.408 e. The van der Waals surface area contributed by atoms with Crippen molar-refractivity contribution in [2.75, 3.05) is 0 Å². The van der Waals surface area contributed by atoms with Gasteiger partial charge >= 0.3 is 8.56 Å². The van der Waals surface area contributed by atoms with Crippen molar-refractivity contribution in [1.82, 2.24) is 0 Å². The van der Waals surface area contributed by atoms with Crippen LogP contribution in [0.3, 0.4) is 0 Å². The van der Waals surface area contributed by atoms with Crippen molar-refractivity contribution in [3.05, 3.63) is 59.7 Å². The average molecular weight is 329 g/mol. The van der Waals surface area contributed by atoms with Crippen molar-refractivity contribution in [2.45, 2.75) is 53.8 Å². The number of benzene rings is 2. The number of hydrogen-bond acceptors (Lipinski definition) is 2. The van der Waals surface area contributed by atoms with Gasteiger partial charge in [0, 0.05) is 22.6 Å². The Morgan fingerprint density at radius 1 is 0.652 bits per heavy atom. The second kappa shape index (κ2) is 7.43. The minimum Gasteiger partial charge on any atom is -0.385 e. The van der Waals surface area contributed by atoms with Crippen molar-refractivity contribution in [3.63, 3.8) is 0 Å². The first kappa shape index (κ1) is 17.9. The third-order valence-corrected chi connectivity index (χ3v) is 7.95. The molecule has 3 heteroatoms. The highest BCUT2D eigenvalue weighted by atomic mass is 28.4. The molecule has 0 aliphatic carbocycles. The highest BCUT2D eigenvalue weighted by Crippen LogP contribution is 2.18. The van der Waals surface area contributed by atoms with Crippen LogP contribution in [0.5, 0.6) is 0 Å². The van der Waals surface area contributed by atoms with Gasteiger partial charge in [-0.25, -0.2) is 0 Å². The van der Waals surface area contributed by atoms with Crippen LogP contribution in [0.15, 0.2) is 48.5 Å². The Morgan fingerprint density at radius 3 is 1.30 bits per heavy atom. The molecule has 2 nitrogen and oxygen atoms in total. The molecule has 0 aliphatic rings. The lowest BCUT2D eigenvalue weighted by atomic mass is 10.2. The van der Waals surface area contributed by atoms with Crippen LogP contribution in [-0.2, 0) is 8.85 Å². The molecule has 124 valence electrons. The van der Waals surface area contributed by atoms with Crippen LogP contribution in [0, 0.1) is 13.8 Å². The maximum absolute atomic E-state index is 6.60. The predicted molar refractivity (Wildman–Crippen MR) is 99.8 cm³/mol. The van der Waals surface area contributed by atoms with Gasteiger partial charge in [-0.3, -0.25) is 0 Å². The number of rotatable bonds is 6. The number of aryl methyl sites for hydroxylation is 2. The summed E-state index contributed by atoms with van der Waals surface area (Å²) in [4.78, 5) is 0. The zero-order valence-corrected chi connectivity index (χ0v) is 16.1. The van der Waals surface area contributed by atoms with Gasteiger partial charge in [-0.2, -0.15) is 0 Å². The smallest absolute Gasteiger partial charge is 0.385 e. The zero-order valence-electron chi connectivity index (χ0n) is 15.1. The van der Waals surface area contributed by atoms with Crippen molar-refractivity contribution >= 4 is 18.9 Å². The Hall–Kier alpha value is -1.42. The Bertz CT molecular complexity index is 592. The fourth-order valence-corrected chi connectivity index (χ4v) is 6.99. The summed E-state index contributed by atoms with van der Waals surface area (Å²) in [5.41, 5.74) is 2.45. The van der Waals surface area contributed by atoms with Gasteiger partial charge in [-0.15, -0.1) is 0 Å². The molecule has 0 bridgehead atoms. The molecule has 0 heterocycles. The lowest BCUT2D eigenvalue weighted by Crippen LogP contribution is -2.66. The van der Waals surface area contributed by atoms with Crippen LogP contribution in [0.4, 0.5) is 0 Å². The Labute approximate surface area is 141 Å². The fourth-order valence-electron chi connectivity index (χ4n) is 2.98. The van der Waals surface area contributed by atoms with Crippen molar-refractivity contribution in [3.8, 4) is 0 Å². The van der Waals surface area contributed by atoms with Crippen molar-refractivity contribution in [1.29, 1.82) is 0 Å². The predicted octanol–water partition coefficient (Wildman–Crippen LogP) is 3.71. The average Bonchev–Trinajstić information content (AvgIpc) is 2.46. The molecule has 2 aromatic carbocycles. The standard InChI is InChI=1S/C20H28O2Si/c1-15(2)21-23(22-16(3)4,19-13-9-7-11-17(19)5)20-14-10-8-12-18(20)6/h7-16H,1-6H3. The summed E-state index contributed by atoms with van der Waals surface area (Å²) in [5.74, 6) is 0. The second-order valence-electron chi connectivity index (χ2n) is 6.58. The summed E-state index contributed by atoms with van der Waals surface area (Å²) >= 11 is 0. The monoisotopic (exact) mass is 328 g/mol. The van der Waals surface area contributed by atoms with Crippen LogP contribution in [0.25, 0.3) is 0 Å². The topological polar surface area (TPSA) is 18.5 Å². The molecular weight excluding hydrogens is 300 g/mol. The van der Waals surface area contributed by atoms with E-state index < -0.39 is 8.56 Å². The van der Waals surface area contributed by atoms with E-state index in [1.165, 1.54) is 21.5 Å². The van der Waals surface area contributed by atoms with Gasteiger partial charge in [0.05, 0.1) is 0 Å². The van der Waals surface area contributed by atoms with E-state index in [1.807, 2.05) is 0 Å². The third-order valence-electron chi connectivity index (χ3n) is 3.80. The normalized spacial score (nSPS) is 12.2. The van der Waals surface area contributed by atoms with Crippen LogP contribution >= 0.6 is 0 Å². The first-order chi connectivity index (χ1) is 10.9. The van der Waals surface area contributed by atoms with E-state index in [0.29, 0.717) is 0 Å². The van der Waals surface area contributed by atoms with Gasteiger partial charge in [-0.05, 0) is 52.7 Å². The lowest BCUT2D eigenvalue weighted by Gasteiger charge is -2.36. The quantitative estimate of drug-likeness (QED) is 0.753. The van der Waals surface area contributed by atoms with Crippen molar-refractivity contribution in [2.24, 2.45) is 0 Å².